The van der Waals surface area contributed by atoms with Gasteiger partial charge in [0.25, 0.3) is 0 Å². The third-order valence-electron chi connectivity index (χ3n) is 3.55. The zero-order chi connectivity index (χ0) is 12.3. The smallest absolute Gasteiger partial charge is 0.227 e. The topological polar surface area (TPSA) is 52.6 Å². The minimum Gasteiger partial charge on any atom is -0.394 e. The van der Waals surface area contributed by atoms with E-state index in [4.69, 9.17) is 0 Å². The van der Waals surface area contributed by atoms with Crippen LogP contribution in [0.2, 0.25) is 0 Å². The molecule has 0 aromatic rings. The zero-order valence-corrected chi connectivity index (χ0v) is 10.8. The van der Waals surface area contributed by atoms with Crippen LogP contribution in [0.4, 0.5) is 0 Å². The Morgan fingerprint density at radius 3 is 2.62 bits per heavy atom. The molecule has 0 radical (unpaired) electrons. The number of hydrogen-bond acceptors (Lipinski definition) is 3. The lowest BCUT2D eigenvalue weighted by Gasteiger charge is -2.38. The Labute approximate surface area is 98.0 Å². The van der Waals surface area contributed by atoms with Crippen molar-refractivity contribution < 1.29 is 9.90 Å². The second kappa shape index (κ2) is 5.15. The van der Waals surface area contributed by atoms with Gasteiger partial charge in [0.15, 0.2) is 0 Å². The van der Waals surface area contributed by atoms with Crippen LogP contribution in [0.15, 0.2) is 0 Å². The summed E-state index contributed by atoms with van der Waals surface area (Å²) >= 11 is 0. The highest BCUT2D eigenvalue weighted by Gasteiger charge is 2.33. The van der Waals surface area contributed by atoms with Crippen molar-refractivity contribution in [3.8, 4) is 0 Å². The van der Waals surface area contributed by atoms with Crippen LogP contribution in [0.25, 0.3) is 0 Å². The lowest BCUT2D eigenvalue weighted by atomic mass is 9.89. The first-order valence-electron chi connectivity index (χ1n) is 5.97. The first-order valence-corrected chi connectivity index (χ1v) is 5.97. The summed E-state index contributed by atoms with van der Waals surface area (Å²) in [6.45, 7) is 7.66. The number of rotatable bonds is 3. The number of carbonyl (C=O) groups is 1. The van der Waals surface area contributed by atoms with Gasteiger partial charge in [0, 0.05) is 13.6 Å². The molecule has 0 aromatic carbocycles. The molecule has 1 fully saturated rings. The molecule has 1 aliphatic rings. The zero-order valence-electron chi connectivity index (χ0n) is 10.8. The number of nitrogens with zero attached hydrogens (tertiary/aromatic N) is 1. The number of nitrogens with one attached hydrogen (secondary N) is 1. The summed E-state index contributed by atoms with van der Waals surface area (Å²) in [6, 6.07) is 0. The average molecular weight is 228 g/mol. The highest BCUT2D eigenvalue weighted by molar-refractivity contribution is 5.79. The van der Waals surface area contributed by atoms with E-state index >= 15 is 0 Å². The summed E-state index contributed by atoms with van der Waals surface area (Å²) in [6.07, 6.45) is 0.942. The number of likely N-dealkylation sites (N-methyl/N-ethyl adjacent to an activating group) is 1. The average Bonchev–Trinajstić information content (AvgIpc) is 2.27. The van der Waals surface area contributed by atoms with Crippen LogP contribution < -0.4 is 5.32 Å². The molecule has 0 spiro atoms. The monoisotopic (exact) mass is 228 g/mol. The maximum Gasteiger partial charge on any atom is 0.227 e. The molecule has 1 rings (SSSR count). The molecule has 0 aromatic heterocycles. The molecule has 1 amide bonds. The standard InChI is InChI=1S/C12H24N2O2/c1-9-5-10(7-13-6-9)11(16)14(4)12(2,3)8-15/h9-10,13,15H,5-8H2,1-4H3. The summed E-state index contributed by atoms with van der Waals surface area (Å²) in [5.74, 6) is 0.742. The molecule has 4 heteroatoms. The van der Waals surface area contributed by atoms with Gasteiger partial charge < -0.3 is 15.3 Å². The Morgan fingerprint density at radius 2 is 2.12 bits per heavy atom. The molecule has 1 saturated heterocycles. The van der Waals surface area contributed by atoms with Crippen molar-refractivity contribution in [2.75, 3.05) is 26.7 Å². The molecule has 0 aliphatic carbocycles. The fourth-order valence-electron chi connectivity index (χ4n) is 2.02. The van der Waals surface area contributed by atoms with Gasteiger partial charge in [0.2, 0.25) is 5.91 Å². The van der Waals surface area contributed by atoms with E-state index in [1.54, 1.807) is 11.9 Å². The third kappa shape index (κ3) is 2.95. The predicted octanol–water partition coefficient (Wildman–Crippen LogP) is 0.461. The first kappa shape index (κ1) is 13.5. The van der Waals surface area contributed by atoms with Gasteiger partial charge in [-0.1, -0.05) is 6.92 Å². The lowest BCUT2D eigenvalue weighted by molar-refractivity contribution is -0.141. The quantitative estimate of drug-likeness (QED) is 0.738. The Bertz CT molecular complexity index is 253. The van der Waals surface area contributed by atoms with Crippen molar-refractivity contribution in [1.29, 1.82) is 0 Å². The molecule has 2 N–H and O–H groups in total. The van der Waals surface area contributed by atoms with Crippen LogP contribution in [0.1, 0.15) is 27.2 Å². The molecule has 2 atom stereocenters. The van der Waals surface area contributed by atoms with E-state index < -0.39 is 5.54 Å². The van der Waals surface area contributed by atoms with Crippen molar-refractivity contribution in [2.24, 2.45) is 11.8 Å². The van der Waals surface area contributed by atoms with Crippen LogP contribution in [0.5, 0.6) is 0 Å². The molecule has 1 aliphatic heterocycles. The first-order chi connectivity index (χ1) is 7.38. The SMILES string of the molecule is CC1CNCC(C(=O)N(C)C(C)(C)CO)C1. The van der Waals surface area contributed by atoms with Crippen molar-refractivity contribution >= 4 is 5.91 Å². The Balaban J connectivity index is 2.63. The van der Waals surface area contributed by atoms with Gasteiger partial charge in [-0.05, 0) is 32.7 Å². The van der Waals surface area contributed by atoms with E-state index in [1.165, 1.54) is 0 Å². The Kier molecular flexibility index (Phi) is 4.33. The van der Waals surface area contributed by atoms with Crippen molar-refractivity contribution in [1.82, 2.24) is 10.2 Å². The molecular weight excluding hydrogens is 204 g/mol. The van der Waals surface area contributed by atoms with E-state index in [0.717, 1.165) is 19.5 Å². The second-order valence-electron chi connectivity index (χ2n) is 5.56. The minimum atomic E-state index is -0.474. The Hall–Kier alpha value is -0.610. The Morgan fingerprint density at radius 1 is 1.50 bits per heavy atom. The molecule has 4 nitrogen and oxygen atoms in total. The van der Waals surface area contributed by atoms with Crippen molar-refractivity contribution in [2.45, 2.75) is 32.7 Å². The molecule has 94 valence electrons. The fraction of sp³-hybridized carbons (Fsp3) is 0.917. The van der Waals surface area contributed by atoms with Gasteiger partial charge in [-0.3, -0.25) is 4.79 Å². The van der Waals surface area contributed by atoms with Gasteiger partial charge in [0.05, 0.1) is 18.1 Å². The van der Waals surface area contributed by atoms with E-state index in [0.29, 0.717) is 5.92 Å². The van der Waals surface area contributed by atoms with Crippen molar-refractivity contribution in [3.05, 3.63) is 0 Å². The summed E-state index contributed by atoms with van der Waals surface area (Å²) < 4.78 is 0. The lowest BCUT2D eigenvalue weighted by Crippen LogP contribution is -2.52. The van der Waals surface area contributed by atoms with Gasteiger partial charge >= 0.3 is 0 Å². The van der Waals surface area contributed by atoms with E-state index in [-0.39, 0.29) is 18.4 Å². The van der Waals surface area contributed by atoms with E-state index in [1.807, 2.05) is 13.8 Å². The molecule has 1 heterocycles. The molecular formula is C12H24N2O2. The van der Waals surface area contributed by atoms with E-state index in [2.05, 4.69) is 12.2 Å². The van der Waals surface area contributed by atoms with Crippen LogP contribution in [0.3, 0.4) is 0 Å². The van der Waals surface area contributed by atoms with Crippen LogP contribution in [0, 0.1) is 11.8 Å². The van der Waals surface area contributed by atoms with Gasteiger partial charge in [0.1, 0.15) is 0 Å². The number of hydrogen-bond donors (Lipinski definition) is 2. The number of piperidine rings is 1. The highest BCUT2D eigenvalue weighted by Crippen LogP contribution is 2.21. The highest BCUT2D eigenvalue weighted by atomic mass is 16.3. The molecule has 0 bridgehead atoms. The largest absolute Gasteiger partial charge is 0.394 e. The van der Waals surface area contributed by atoms with Crippen LogP contribution in [-0.4, -0.2) is 48.2 Å². The van der Waals surface area contributed by atoms with E-state index in [9.17, 15) is 9.90 Å². The molecule has 0 saturated carbocycles. The minimum absolute atomic E-state index is 0.00899. The van der Waals surface area contributed by atoms with Crippen LogP contribution >= 0.6 is 0 Å². The predicted molar refractivity (Wildman–Crippen MR) is 64.1 cm³/mol. The van der Waals surface area contributed by atoms with Crippen LogP contribution in [-0.2, 0) is 4.79 Å². The van der Waals surface area contributed by atoms with Gasteiger partial charge in [-0.15, -0.1) is 0 Å². The maximum atomic E-state index is 12.2. The fourth-order valence-corrected chi connectivity index (χ4v) is 2.02. The summed E-state index contributed by atoms with van der Waals surface area (Å²) in [5, 5.41) is 12.5. The normalized spacial score (nSPS) is 26.6. The molecule has 2 unspecified atom stereocenters. The number of amides is 1. The number of aliphatic hydroxyl groups is 1. The van der Waals surface area contributed by atoms with Gasteiger partial charge in [-0.2, -0.15) is 0 Å². The number of aliphatic hydroxyl groups excluding tert-OH is 1. The summed E-state index contributed by atoms with van der Waals surface area (Å²) in [5.41, 5.74) is -0.474. The molecule has 16 heavy (non-hydrogen) atoms. The van der Waals surface area contributed by atoms with Crippen molar-refractivity contribution in [3.63, 3.8) is 0 Å². The maximum absolute atomic E-state index is 12.2. The van der Waals surface area contributed by atoms with Gasteiger partial charge in [-0.25, -0.2) is 0 Å². The number of carbonyl (C=O) groups excluding carboxylic acids is 1. The summed E-state index contributed by atoms with van der Waals surface area (Å²) in [7, 11) is 1.78. The second-order valence-corrected chi connectivity index (χ2v) is 5.56. The summed E-state index contributed by atoms with van der Waals surface area (Å²) in [4.78, 5) is 13.9. The third-order valence-corrected chi connectivity index (χ3v) is 3.55.